The number of ether oxygens (including phenoxy) is 3. The van der Waals surface area contributed by atoms with Gasteiger partial charge in [-0.2, -0.15) is 0 Å². The number of unbranched alkanes of at least 4 members (excludes halogenated alkanes) is 5. The number of aryl methyl sites for hydroxylation is 1. The van der Waals surface area contributed by atoms with E-state index in [1.807, 2.05) is 0 Å². The van der Waals surface area contributed by atoms with E-state index in [4.69, 9.17) is 19.7 Å². The Hall–Kier alpha value is -2.17. The number of nitrogens with one attached hydrogen (secondary N) is 1. The zero-order chi connectivity index (χ0) is 21.8. The molecule has 1 saturated heterocycles. The minimum Gasteiger partial charge on any atom is -0.394 e. The second-order valence-electron chi connectivity index (χ2n) is 7.33. The third-order valence-electron chi connectivity index (χ3n) is 5.04. The van der Waals surface area contributed by atoms with Crippen LogP contribution in [0.25, 0.3) is 10.4 Å². The van der Waals surface area contributed by atoms with Gasteiger partial charge in [0.1, 0.15) is 19.1 Å². The van der Waals surface area contributed by atoms with Crippen molar-refractivity contribution in [3.05, 3.63) is 43.0 Å². The molecule has 0 aliphatic carbocycles. The Morgan fingerprint density at radius 2 is 2.03 bits per heavy atom. The predicted octanol–water partition coefficient (Wildman–Crippen LogP) is 2.14. The van der Waals surface area contributed by atoms with Gasteiger partial charge in [0, 0.05) is 36.2 Å². The van der Waals surface area contributed by atoms with Gasteiger partial charge in [0.05, 0.1) is 12.7 Å². The number of nitrogens with zero attached hydrogens (tertiary/aromatic N) is 4. The monoisotopic (exact) mass is 425 g/mol. The van der Waals surface area contributed by atoms with E-state index in [1.165, 1.54) is 10.8 Å². The van der Waals surface area contributed by atoms with Crippen LogP contribution >= 0.6 is 0 Å². The molecule has 0 amide bonds. The molecule has 0 unspecified atom stereocenters. The van der Waals surface area contributed by atoms with Crippen molar-refractivity contribution >= 4 is 0 Å². The Morgan fingerprint density at radius 1 is 1.30 bits per heavy atom. The highest BCUT2D eigenvalue weighted by Crippen LogP contribution is 2.29. The Balaban J connectivity index is 1.64. The van der Waals surface area contributed by atoms with Crippen LogP contribution in [-0.4, -0.2) is 53.4 Å². The van der Waals surface area contributed by atoms with Crippen LogP contribution in [0.5, 0.6) is 0 Å². The molecule has 0 spiro atoms. The second-order valence-corrected chi connectivity index (χ2v) is 7.33. The normalized spacial score (nSPS) is 20.9. The summed E-state index contributed by atoms with van der Waals surface area (Å²) in [4.78, 5) is 28.5. The first-order valence-corrected chi connectivity index (χ1v) is 10.4. The Morgan fingerprint density at radius 3 is 2.77 bits per heavy atom. The molecule has 1 aromatic heterocycles. The van der Waals surface area contributed by atoms with E-state index in [1.54, 1.807) is 6.92 Å². The molecule has 1 aromatic rings. The van der Waals surface area contributed by atoms with E-state index in [9.17, 15) is 14.7 Å². The maximum Gasteiger partial charge on any atom is 0.330 e. The fourth-order valence-electron chi connectivity index (χ4n) is 3.34. The average Bonchev–Trinajstić information content (AvgIpc) is 3.14. The molecule has 1 fully saturated rings. The molecule has 168 valence electrons. The van der Waals surface area contributed by atoms with Crippen molar-refractivity contribution in [3.8, 4) is 0 Å². The molecular formula is C19H31N5O6. The summed E-state index contributed by atoms with van der Waals surface area (Å²) in [6.07, 6.45) is 6.43. The number of rotatable bonds is 14. The highest BCUT2D eigenvalue weighted by molar-refractivity contribution is 5.02. The molecule has 1 aliphatic rings. The van der Waals surface area contributed by atoms with Crippen molar-refractivity contribution in [2.45, 2.75) is 70.3 Å². The molecule has 30 heavy (non-hydrogen) atoms. The summed E-state index contributed by atoms with van der Waals surface area (Å²) in [5, 5.41) is 13.1. The molecule has 0 bridgehead atoms. The fourth-order valence-corrected chi connectivity index (χ4v) is 3.34. The largest absolute Gasteiger partial charge is 0.394 e. The molecule has 0 saturated carbocycles. The van der Waals surface area contributed by atoms with E-state index in [2.05, 4.69) is 15.0 Å². The lowest BCUT2D eigenvalue weighted by atomic mass is 10.1. The molecule has 2 rings (SSSR count). The summed E-state index contributed by atoms with van der Waals surface area (Å²) < 4.78 is 18.3. The summed E-state index contributed by atoms with van der Waals surface area (Å²) in [6, 6.07) is 0. The van der Waals surface area contributed by atoms with Crippen molar-refractivity contribution < 1.29 is 19.3 Å². The van der Waals surface area contributed by atoms with Gasteiger partial charge >= 0.3 is 5.69 Å². The number of aromatic amines is 1. The van der Waals surface area contributed by atoms with Crippen LogP contribution in [0, 0.1) is 6.92 Å². The third kappa shape index (κ3) is 7.58. The van der Waals surface area contributed by atoms with Crippen LogP contribution in [0.2, 0.25) is 0 Å². The first kappa shape index (κ1) is 24.1. The minimum absolute atomic E-state index is 0.0863. The summed E-state index contributed by atoms with van der Waals surface area (Å²) in [6.45, 7) is 2.60. The van der Waals surface area contributed by atoms with Gasteiger partial charge in [0.25, 0.3) is 5.56 Å². The van der Waals surface area contributed by atoms with E-state index in [-0.39, 0.29) is 13.4 Å². The second kappa shape index (κ2) is 13.2. The van der Waals surface area contributed by atoms with Gasteiger partial charge < -0.3 is 19.3 Å². The first-order valence-electron chi connectivity index (χ1n) is 10.4. The minimum atomic E-state index is -0.617. The highest BCUT2D eigenvalue weighted by Gasteiger charge is 2.37. The summed E-state index contributed by atoms with van der Waals surface area (Å²) in [5.74, 6) is 0. The van der Waals surface area contributed by atoms with Crippen molar-refractivity contribution in [2.24, 2.45) is 5.11 Å². The van der Waals surface area contributed by atoms with Crippen LogP contribution < -0.4 is 11.2 Å². The third-order valence-corrected chi connectivity index (χ3v) is 5.04. The van der Waals surface area contributed by atoms with E-state index >= 15 is 0 Å². The predicted molar refractivity (Wildman–Crippen MR) is 109 cm³/mol. The SMILES string of the molecule is Cc1cn([C@H]2C[C@H](OCOCCCCCCCCN=[N+]=[N-])[C@@H](CO)O2)c(=O)[nH]c1=O. The number of hydrogen-bond donors (Lipinski definition) is 2. The fraction of sp³-hybridized carbons (Fsp3) is 0.789. The zero-order valence-electron chi connectivity index (χ0n) is 17.4. The molecule has 2 heterocycles. The van der Waals surface area contributed by atoms with Gasteiger partial charge in [0.15, 0.2) is 0 Å². The summed E-state index contributed by atoms with van der Waals surface area (Å²) in [7, 11) is 0. The zero-order valence-corrected chi connectivity index (χ0v) is 17.4. The van der Waals surface area contributed by atoms with Gasteiger partial charge in [-0.1, -0.05) is 30.8 Å². The van der Waals surface area contributed by atoms with Crippen LogP contribution in [0.4, 0.5) is 0 Å². The topological polar surface area (TPSA) is 152 Å². The van der Waals surface area contributed by atoms with E-state index in [0.717, 1.165) is 38.5 Å². The van der Waals surface area contributed by atoms with Gasteiger partial charge in [0.2, 0.25) is 0 Å². The number of aliphatic hydroxyl groups is 1. The van der Waals surface area contributed by atoms with Gasteiger partial charge in [-0.25, -0.2) is 4.79 Å². The standard InChI is InChI=1S/C19H31N5O6/c1-14-11-24(19(27)22-18(14)26)17-10-15(16(12-25)30-17)29-13-28-9-7-5-3-2-4-6-8-21-23-20/h11,15-17,25H,2-10,12-13H2,1H3,(H,22,26,27)/t15-,16+,17+/m0/s1. The smallest absolute Gasteiger partial charge is 0.330 e. The maximum absolute atomic E-state index is 12.0. The molecular weight excluding hydrogens is 394 g/mol. The average molecular weight is 425 g/mol. The number of H-pyrrole nitrogens is 1. The Labute approximate surface area is 174 Å². The Kier molecular flexibility index (Phi) is 10.6. The van der Waals surface area contributed by atoms with Crippen molar-refractivity contribution in [2.75, 3.05) is 26.6 Å². The molecule has 1 aliphatic heterocycles. The number of azide groups is 1. The lowest BCUT2D eigenvalue weighted by Crippen LogP contribution is -2.33. The van der Waals surface area contributed by atoms with Crippen molar-refractivity contribution in [1.82, 2.24) is 9.55 Å². The lowest BCUT2D eigenvalue weighted by Gasteiger charge is -2.16. The van der Waals surface area contributed by atoms with Crippen molar-refractivity contribution in [3.63, 3.8) is 0 Å². The maximum atomic E-state index is 12.0. The van der Waals surface area contributed by atoms with E-state index < -0.39 is 29.7 Å². The quantitative estimate of drug-likeness (QED) is 0.153. The molecule has 0 radical (unpaired) electrons. The van der Waals surface area contributed by atoms with Crippen molar-refractivity contribution in [1.29, 1.82) is 0 Å². The number of aliphatic hydroxyl groups excluding tert-OH is 1. The molecule has 11 nitrogen and oxygen atoms in total. The van der Waals surface area contributed by atoms with Crippen LogP contribution in [0.1, 0.15) is 56.7 Å². The van der Waals surface area contributed by atoms with E-state index in [0.29, 0.717) is 25.1 Å². The summed E-state index contributed by atoms with van der Waals surface area (Å²) >= 11 is 0. The van der Waals surface area contributed by atoms with Crippen LogP contribution in [0.3, 0.4) is 0 Å². The first-order chi connectivity index (χ1) is 14.6. The lowest BCUT2D eigenvalue weighted by molar-refractivity contribution is -0.119. The van der Waals surface area contributed by atoms with Gasteiger partial charge in [-0.3, -0.25) is 14.3 Å². The molecule has 11 heteroatoms. The summed E-state index contributed by atoms with van der Waals surface area (Å²) in [5.41, 5.74) is 7.62. The molecule has 0 aromatic carbocycles. The molecule has 3 atom stereocenters. The number of aromatic nitrogens is 2. The van der Waals surface area contributed by atoms with Gasteiger partial charge in [-0.05, 0) is 25.3 Å². The highest BCUT2D eigenvalue weighted by atomic mass is 16.7. The number of hydrogen-bond acceptors (Lipinski definition) is 7. The van der Waals surface area contributed by atoms with Crippen LogP contribution in [0.15, 0.2) is 20.9 Å². The Bertz CT molecular complexity index is 803. The molecule has 2 N–H and O–H groups in total. The van der Waals surface area contributed by atoms with Crippen LogP contribution in [-0.2, 0) is 14.2 Å². The van der Waals surface area contributed by atoms with Gasteiger partial charge in [-0.15, -0.1) is 0 Å².